The second-order valence-corrected chi connectivity index (χ2v) is 3.51. The Hall–Kier alpha value is -1.10. The lowest BCUT2D eigenvalue weighted by atomic mass is 10.2. The van der Waals surface area contributed by atoms with E-state index in [4.69, 9.17) is 5.11 Å². The van der Waals surface area contributed by atoms with Crippen molar-refractivity contribution in [2.24, 2.45) is 0 Å². The van der Waals surface area contributed by atoms with Crippen LogP contribution in [0.2, 0.25) is 0 Å². The zero-order chi connectivity index (χ0) is 10.7. The smallest absolute Gasteiger partial charge is 0.329 e. The van der Waals surface area contributed by atoms with Crippen LogP contribution in [0.3, 0.4) is 0 Å². The number of rotatable bonds is 3. The van der Waals surface area contributed by atoms with Gasteiger partial charge in [0, 0.05) is 6.54 Å². The fourth-order valence-corrected chi connectivity index (χ4v) is 1.32. The van der Waals surface area contributed by atoms with Crippen LogP contribution in [0.5, 0.6) is 0 Å². The summed E-state index contributed by atoms with van der Waals surface area (Å²) in [5, 5.41) is 9.07. The van der Waals surface area contributed by atoms with Crippen molar-refractivity contribution in [3.63, 3.8) is 0 Å². The van der Waals surface area contributed by atoms with Gasteiger partial charge >= 0.3 is 5.97 Å². The van der Waals surface area contributed by atoms with Crippen molar-refractivity contribution in [3.8, 4) is 0 Å². The second-order valence-electron chi connectivity index (χ2n) is 3.51. The first-order chi connectivity index (χ1) is 6.52. The zero-order valence-electron chi connectivity index (χ0n) is 8.40. The molecule has 1 heterocycles. The number of cyclic esters (lactones) is 1. The number of esters is 1. The second kappa shape index (κ2) is 4.41. The molecule has 1 aliphatic heterocycles. The van der Waals surface area contributed by atoms with Gasteiger partial charge in [-0.1, -0.05) is 0 Å². The predicted molar refractivity (Wildman–Crippen MR) is 48.4 cm³/mol. The monoisotopic (exact) mass is 201 g/mol. The number of amides is 1. The summed E-state index contributed by atoms with van der Waals surface area (Å²) in [5.41, 5.74) is 0. The Morgan fingerprint density at radius 1 is 1.64 bits per heavy atom. The Balaban J connectivity index is 2.54. The topological polar surface area (TPSA) is 66.8 Å². The molecule has 2 atom stereocenters. The number of morpholine rings is 1. The van der Waals surface area contributed by atoms with Crippen molar-refractivity contribution in [1.29, 1.82) is 0 Å². The first-order valence-electron chi connectivity index (χ1n) is 4.66. The van der Waals surface area contributed by atoms with E-state index in [0.29, 0.717) is 13.0 Å². The average Bonchev–Trinajstić information content (AvgIpc) is 2.11. The highest BCUT2D eigenvalue weighted by molar-refractivity contribution is 5.90. The first-order valence-corrected chi connectivity index (χ1v) is 4.66. The van der Waals surface area contributed by atoms with Crippen molar-refractivity contribution in [3.05, 3.63) is 0 Å². The molecule has 0 radical (unpaired) electrons. The summed E-state index contributed by atoms with van der Waals surface area (Å²) in [6, 6.07) is -0.532. The van der Waals surface area contributed by atoms with E-state index in [1.807, 2.05) is 0 Å². The molecule has 14 heavy (non-hydrogen) atoms. The maximum Gasteiger partial charge on any atom is 0.329 e. The van der Waals surface area contributed by atoms with Crippen LogP contribution in [0, 0.1) is 0 Å². The number of hydrogen-bond acceptors (Lipinski definition) is 4. The first kappa shape index (κ1) is 11.0. The minimum Gasteiger partial charge on any atom is -0.454 e. The Bertz CT molecular complexity index is 239. The molecule has 0 spiro atoms. The van der Waals surface area contributed by atoms with Gasteiger partial charge in [-0.05, 0) is 20.3 Å². The third kappa shape index (κ3) is 2.45. The summed E-state index contributed by atoms with van der Waals surface area (Å²) in [5.74, 6) is -0.576. The fourth-order valence-electron chi connectivity index (χ4n) is 1.32. The molecule has 5 heteroatoms. The fraction of sp³-hybridized carbons (Fsp3) is 0.778. The lowest BCUT2D eigenvalue weighted by Gasteiger charge is -2.32. The lowest BCUT2D eigenvalue weighted by Crippen LogP contribution is -2.51. The molecule has 0 saturated carbocycles. The van der Waals surface area contributed by atoms with Gasteiger partial charge in [0.1, 0.15) is 6.04 Å². The third-order valence-corrected chi connectivity index (χ3v) is 2.25. The Labute approximate surface area is 82.6 Å². The molecule has 0 aromatic carbocycles. The van der Waals surface area contributed by atoms with Gasteiger partial charge in [-0.3, -0.25) is 4.79 Å². The maximum absolute atomic E-state index is 11.3. The van der Waals surface area contributed by atoms with Gasteiger partial charge in [0.25, 0.3) is 5.91 Å². The molecule has 2 unspecified atom stereocenters. The van der Waals surface area contributed by atoms with Gasteiger partial charge in [0.2, 0.25) is 0 Å². The van der Waals surface area contributed by atoms with E-state index in [2.05, 4.69) is 4.74 Å². The lowest BCUT2D eigenvalue weighted by molar-refractivity contribution is -0.168. The number of nitrogens with zero attached hydrogens (tertiary/aromatic N) is 1. The summed E-state index contributed by atoms with van der Waals surface area (Å²) in [6.07, 6.45) is 0.0107. The number of carbonyl (C=O) groups is 2. The molecule has 0 bridgehead atoms. The maximum atomic E-state index is 11.3. The average molecular weight is 201 g/mol. The van der Waals surface area contributed by atoms with Crippen LogP contribution in [0.4, 0.5) is 0 Å². The van der Waals surface area contributed by atoms with E-state index in [0.717, 1.165) is 0 Å². The van der Waals surface area contributed by atoms with Crippen LogP contribution in [-0.2, 0) is 14.3 Å². The highest BCUT2D eigenvalue weighted by Gasteiger charge is 2.32. The molecule has 0 aromatic rings. The van der Waals surface area contributed by atoms with E-state index < -0.39 is 12.1 Å². The normalized spacial score (nSPS) is 24.8. The van der Waals surface area contributed by atoms with E-state index in [9.17, 15) is 9.59 Å². The summed E-state index contributed by atoms with van der Waals surface area (Å²) in [6.45, 7) is 3.49. The Morgan fingerprint density at radius 3 is 2.86 bits per heavy atom. The van der Waals surface area contributed by atoms with Crippen LogP contribution in [0.1, 0.15) is 20.3 Å². The van der Waals surface area contributed by atoms with E-state index in [1.165, 1.54) is 4.90 Å². The minimum atomic E-state index is -0.532. The quantitative estimate of drug-likeness (QED) is 0.627. The van der Waals surface area contributed by atoms with Gasteiger partial charge in [0.05, 0.1) is 6.10 Å². The number of ether oxygens (including phenoxy) is 1. The number of aliphatic hydroxyl groups excluding tert-OH is 1. The van der Waals surface area contributed by atoms with Crippen LogP contribution in [-0.4, -0.2) is 47.2 Å². The Morgan fingerprint density at radius 2 is 2.29 bits per heavy atom. The van der Waals surface area contributed by atoms with Gasteiger partial charge in [-0.2, -0.15) is 0 Å². The van der Waals surface area contributed by atoms with Gasteiger partial charge in [0.15, 0.2) is 6.61 Å². The molecule has 1 fully saturated rings. The molecule has 1 rings (SSSR count). The van der Waals surface area contributed by atoms with Crippen molar-refractivity contribution in [2.45, 2.75) is 32.4 Å². The highest BCUT2D eigenvalue weighted by atomic mass is 16.5. The standard InChI is InChI=1S/C9H15NO4/c1-6(11)3-4-10-7(2)9(13)14-5-8(10)12/h6-7,11H,3-5H2,1-2H3. The number of carbonyl (C=O) groups excluding carboxylic acids is 2. The summed E-state index contributed by atoms with van der Waals surface area (Å²) >= 11 is 0. The van der Waals surface area contributed by atoms with Crippen LogP contribution < -0.4 is 0 Å². The van der Waals surface area contributed by atoms with Crippen LogP contribution in [0.25, 0.3) is 0 Å². The highest BCUT2D eigenvalue weighted by Crippen LogP contribution is 2.10. The molecule has 80 valence electrons. The molecule has 1 amide bonds. The molecular weight excluding hydrogens is 186 g/mol. The van der Waals surface area contributed by atoms with Crippen molar-refractivity contribution in [2.75, 3.05) is 13.2 Å². The molecule has 0 aromatic heterocycles. The molecule has 1 N–H and O–H groups in total. The largest absolute Gasteiger partial charge is 0.454 e. The Kier molecular flexibility index (Phi) is 3.46. The number of hydrogen-bond donors (Lipinski definition) is 1. The van der Waals surface area contributed by atoms with Gasteiger partial charge in [-0.25, -0.2) is 4.79 Å². The molecule has 1 aliphatic rings. The molecule has 1 saturated heterocycles. The SMILES string of the molecule is CC(O)CCN1C(=O)COC(=O)C1C. The summed E-state index contributed by atoms with van der Waals surface area (Å²) in [4.78, 5) is 23.9. The van der Waals surface area contributed by atoms with Gasteiger partial charge in [-0.15, -0.1) is 0 Å². The van der Waals surface area contributed by atoms with E-state index in [-0.39, 0.29) is 18.5 Å². The molecule has 0 aliphatic carbocycles. The van der Waals surface area contributed by atoms with E-state index >= 15 is 0 Å². The minimum absolute atomic E-state index is 0.178. The number of aliphatic hydroxyl groups is 1. The van der Waals surface area contributed by atoms with Crippen molar-refractivity contribution < 1.29 is 19.4 Å². The van der Waals surface area contributed by atoms with Crippen molar-refractivity contribution >= 4 is 11.9 Å². The van der Waals surface area contributed by atoms with Crippen LogP contribution >= 0.6 is 0 Å². The van der Waals surface area contributed by atoms with Crippen molar-refractivity contribution in [1.82, 2.24) is 4.90 Å². The summed E-state index contributed by atoms with van der Waals surface area (Å²) in [7, 11) is 0. The van der Waals surface area contributed by atoms with E-state index in [1.54, 1.807) is 13.8 Å². The molecule has 5 nitrogen and oxygen atoms in total. The molecular formula is C9H15NO4. The van der Waals surface area contributed by atoms with Gasteiger partial charge < -0.3 is 14.7 Å². The predicted octanol–water partition coefficient (Wildman–Crippen LogP) is -0.469. The zero-order valence-corrected chi connectivity index (χ0v) is 8.40. The summed E-state index contributed by atoms with van der Waals surface area (Å²) < 4.78 is 4.65. The third-order valence-electron chi connectivity index (χ3n) is 2.25. The van der Waals surface area contributed by atoms with Crippen LogP contribution in [0.15, 0.2) is 0 Å².